The van der Waals surface area contributed by atoms with E-state index in [2.05, 4.69) is 15.2 Å². The fourth-order valence-corrected chi connectivity index (χ4v) is 2.24. The highest BCUT2D eigenvalue weighted by atomic mass is 19.4. The molecule has 0 radical (unpaired) electrons. The number of rotatable bonds is 5. The van der Waals surface area contributed by atoms with E-state index in [4.69, 9.17) is 9.47 Å². The van der Waals surface area contributed by atoms with Crippen molar-refractivity contribution >= 4 is 28.7 Å². The van der Waals surface area contributed by atoms with Crippen molar-refractivity contribution in [2.24, 2.45) is 0 Å². The molecule has 1 aromatic heterocycles. The molecular weight excluding hydrogens is 383 g/mol. The Bertz CT molecular complexity index is 871. The van der Waals surface area contributed by atoms with Gasteiger partial charge in [0, 0.05) is 17.6 Å². The summed E-state index contributed by atoms with van der Waals surface area (Å²) in [4.78, 5) is 23.5. The Balaban J connectivity index is 2.37. The first-order valence-electron chi connectivity index (χ1n) is 8.29. The van der Waals surface area contributed by atoms with Gasteiger partial charge in [0.2, 0.25) is 0 Å². The molecule has 11 heteroatoms. The molecule has 0 spiro atoms. The van der Waals surface area contributed by atoms with Crippen LogP contribution in [-0.2, 0) is 20.8 Å². The molecule has 0 bridgehead atoms. The first-order valence-corrected chi connectivity index (χ1v) is 8.29. The number of nitrogens with zero attached hydrogens (tertiary/aromatic N) is 2. The number of amides is 1. The van der Waals surface area contributed by atoms with Crippen LogP contribution in [0.3, 0.4) is 0 Å². The van der Waals surface area contributed by atoms with Gasteiger partial charge in [-0.25, -0.2) is 4.79 Å². The Labute approximate surface area is 158 Å². The van der Waals surface area contributed by atoms with Crippen LogP contribution in [0.15, 0.2) is 18.3 Å². The highest BCUT2D eigenvalue weighted by Gasteiger charge is 2.33. The number of hydrogen-bond acceptors (Lipinski definition) is 6. The van der Waals surface area contributed by atoms with E-state index < -0.39 is 29.8 Å². The maximum absolute atomic E-state index is 12.7. The van der Waals surface area contributed by atoms with Gasteiger partial charge in [0.15, 0.2) is 5.75 Å². The SMILES string of the molecule is CCOC(=O)Cn1cc2cc(NC(=O)OC(C)(C)C)c(OC(F)(F)F)cc2n1. The third-order valence-corrected chi connectivity index (χ3v) is 3.11. The molecule has 0 saturated heterocycles. The normalized spacial score (nSPS) is 12.0. The first kappa shape index (κ1) is 21.3. The molecule has 154 valence electrons. The number of esters is 1. The molecule has 0 aliphatic rings. The highest BCUT2D eigenvalue weighted by molar-refractivity contribution is 5.93. The van der Waals surface area contributed by atoms with Gasteiger partial charge in [0.05, 0.1) is 17.8 Å². The summed E-state index contributed by atoms with van der Waals surface area (Å²) in [6.45, 7) is 6.46. The van der Waals surface area contributed by atoms with Gasteiger partial charge in [-0.1, -0.05) is 0 Å². The van der Waals surface area contributed by atoms with Crippen LogP contribution in [0.1, 0.15) is 27.7 Å². The van der Waals surface area contributed by atoms with Crippen LogP contribution in [0.4, 0.5) is 23.7 Å². The zero-order valence-corrected chi connectivity index (χ0v) is 15.7. The van der Waals surface area contributed by atoms with E-state index in [-0.39, 0.29) is 24.4 Å². The Morgan fingerprint density at radius 1 is 1.21 bits per heavy atom. The minimum Gasteiger partial charge on any atom is -0.465 e. The quantitative estimate of drug-likeness (QED) is 0.763. The smallest absolute Gasteiger partial charge is 0.465 e. The lowest BCUT2D eigenvalue weighted by atomic mass is 10.2. The number of aromatic nitrogens is 2. The predicted molar refractivity (Wildman–Crippen MR) is 92.9 cm³/mol. The van der Waals surface area contributed by atoms with Crippen LogP contribution in [0.2, 0.25) is 0 Å². The lowest BCUT2D eigenvalue weighted by molar-refractivity contribution is -0.274. The fraction of sp³-hybridized carbons (Fsp3) is 0.471. The molecule has 0 atom stereocenters. The summed E-state index contributed by atoms with van der Waals surface area (Å²) >= 11 is 0. The third kappa shape index (κ3) is 6.32. The van der Waals surface area contributed by atoms with Crippen LogP contribution in [0, 0.1) is 0 Å². The number of alkyl halides is 3. The molecule has 28 heavy (non-hydrogen) atoms. The number of fused-ring (bicyclic) bond motifs is 1. The summed E-state index contributed by atoms with van der Waals surface area (Å²) in [6.07, 6.45) is -4.49. The molecular formula is C17H20F3N3O5. The highest BCUT2D eigenvalue weighted by Crippen LogP contribution is 2.34. The van der Waals surface area contributed by atoms with E-state index in [0.717, 1.165) is 6.07 Å². The third-order valence-electron chi connectivity index (χ3n) is 3.11. The molecule has 0 aliphatic heterocycles. The van der Waals surface area contributed by atoms with E-state index in [1.807, 2.05) is 0 Å². The number of hydrogen-bond donors (Lipinski definition) is 1. The zero-order chi connectivity index (χ0) is 21.1. The number of nitrogens with one attached hydrogen (secondary N) is 1. The van der Waals surface area contributed by atoms with Gasteiger partial charge in [0.25, 0.3) is 0 Å². The molecule has 1 heterocycles. The lowest BCUT2D eigenvalue weighted by Gasteiger charge is -2.20. The standard InChI is InChI=1S/C17H20F3N3O5/c1-5-26-14(24)9-23-8-10-6-12(21-15(25)28-16(2,3)4)13(7-11(10)22-23)27-17(18,19)20/h6-8H,5,9H2,1-4H3,(H,21,25). The van der Waals surface area contributed by atoms with Crippen LogP contribution in [-0.4, -0.2) is 40.4 Å². The number of carbonyl (C=O) groups excluding carboxylic acids is 2. The van der Waals surface area contributed by atoms with Crippen molar-refractivity contribution in [1.82, 2.24) is 9.78 Å². The predicted octanol–water partition coefficient (Wildman–Crippen LogP) is 3.85. The van der Waals surface area contributed by atoms with Crippen LogP contribution in [0.5, 0.6) is 5.75 Å². The van der Waals surface area contributed by atoms with Crippen LogP contribution >= 0.6 is 0 Å². The molecule has 8 nitrogen and oxygen atoms in total. The monoisotopic (exact) mass is 403 g/mol. The minimum atomic E-state index is -4.98. The summed E-state index contributed by atoms with van der Waals surface area (Å²) in [5.74, 6) is -1.21. The van der Waals surface area contributed by atoms with Crippen LogP contribution in [0.25, 0.3) is 10.9 Å². The number of carbonyl (C=O) groups is 2. The molecule has 1 amide bonds. The Morgan fingerprint density at radius 3 is 2.46 bits per heavy atom. The van der Waals surface area contributed by atoms with Crippen molar-refractivity contribution in [3.63, 3.8) is 0 Å². The topological polar surface area (TPSA) is 91.7 Å². The van der Waals surface area contributed by atoms with E-state index >= 15 is 0 Å². The molecule has 0 aliphatic carbocycles. The molecule has 0 fully saturated rings. The number of benzene rings is 1. The summed E-state index contributed by atoms with van der Waals surface area (Å²) in [7, 11) is 0. The van der Waals surface area contributed by atoms with Crippen molar-refractivity contribution in [2.75, 3.05) is 11.9 Å². The molecule has 1 aromatic carbocycles. The van der Waals surface area contributed by atoms with E-state index in [9.17, 15) is 22.8 Å². The van der Waals surface area contributed by atoms with Gasteiger partial charge in [-0.15, -0.1) is 13.2 Å². The van der Waals surface area contributed by atoms with Crippen molar-refractivity contribution in [1.29, 1.82) is 0 Å². The van der Waals surface area contributed by atoms with Crippen molar-refractivity contribution in [3.8, 4) is 5.75 Å². The Kier molecular flexibility index (Phi) is 6.05. The molecule has 2 aromatic rings. The second-order valence-corrected chi connectivity index (χ2v) is 6.71. The van der Waals surface area contributed by atoms with Gasteiger partial charge in [-0.3, -0.25) is 14.8 Å². The first-order chi connectivity index (χ1) is 12.9. The number of ether oxygens (including phenoxy) is 3. The Morgan fingerprint density at radius 2 is 1.89 bits per heavy atom. The molecule has 1 N–H and O–H groups in total. The fourth-order valence-electron chi connectivity index (χ4n) is 2.24. The molecule has 2 rings (SSSR count). The summed E-state index contributed by atoms with van der Waals surface area (Å²) in [5.41, 5.74) is -0.961. The zero-order valence-electron chi connectivity index (χ0n) is 15.7. The summed E-state index contributed by atoms with van der Waals surface area (Å²) in [5, 5.41) is 6.65. The van der Waals surface area contributed by atoms with Crippen molar-refractivity contribution in [3.05, 3.63) is 18.3 Å². The average molecular weight is 403 g/mol. The lowest BCUT2D eigenvalue weighted by Crippen LogP contribution is -2.27. The van der Waals surface area contributed by atoms with Gasteiger partial charge < -0.3 is 14.2 Å². The number of halogens is 3. The molecule has 0 saturated carbocycles. The van der Waals surface area contributed by atoms with Gasteiger partial charge in [0.1, 0.15) is 12.1 Å². The Hall–Kier alpha value is -2.98. The van der Waals surface area contributed by atoms with E-state index in [1.54, 1.807) is 27.7 Å². The van der Waals surface area contributed by atoms with E-state index in [0.29, 0.717) is 5.39 Å². The summed E-state index contributed by atoms with van der Waals surface area (Å²) in [6, 6.07) is 2.26. The van der Waals surface area contributed by atoms with Gasteiger partial charge in [-0.05, 0) is 33.8 Å². The van der Waals surface area contributed by atoms with Crippen LogP contribution < -0.4 is 10.1 Å². The molecule has 0 unspecified atom stereocenters. The summed E-state index contributed by atoms with van der Waals surface area (Å²) < 4.78 is 53.3. The van der Waals surface area contributed by atoms with Crippen molar-refractivity contribution < 1.29 is 37.0 Å². The number of anilines is 1. The van der Waals surface area contributed by atoms with E-state index in [1.165, 1.54) is 16.9 Å². The largest absolute Gasteiger partial charge is 0.573 e. The second-order valence-electron chi connectivity index (χ2n) is 6.71. The second kappa shape index (κ2) is 7.95. The maximum atomic E-state index is 12.7. The van der Waals surface area contributed by atoms with Crippen molar-refractivity contribution in [2.45, 2.75) is 46.2 Å². The maximum Gasteiger partial charge on any atom is 0.573 e. The van der Waals surface area contributed by atoms with Gasteiger partial charge >= 0.3 is 18.4 Å². The van der Waals surface area contributed by atoms with Gasteiger partial charge in [-0.2, -0.15) is 5.10 Å². The minimum absolute atomic E-state index is 0.137. The average Bonchev–Trinajstić information content (AvgIpc) is 2.85.